The van der Waals surface area contributed by atoms with E-state index in [0.717, 1.165) is 41.0 Å². The molecule has 11 heteroatoms. The summed E-state index contributed by atoms with van der Waals surface area (Å²) in [7, 11) is 0. The molecule has 34 heavy (non-hydrogen) atoms. The summed E-state index contributed by atoms with van der Waals surface area (Å²) in [6, 6.07) is 11.2. The fourth-order valence-electron chi connectivity index (χ4n) is 3.38. The predicted molar refractivity (Wildman–Crippen MR) is 117 cm³/mol. The van der Waals surface area contributed by atoms with Crippen molar-refractivity contribution < 1.29 is 27.4 Å². The number of aromatic amines is 1. The Kier molecular flexibility index (Phi) is 6.24. The SMILES string of the molecule is Cc1ccc(Oc2ccc(C(F)(F)C(O)(Cn3[nH]cnc3=S)c3ccc(F)cc3F)nc2)cc1. The van der Waals surface area contributed by atoms with Gasteiger partial charge in [-0.2, -0.15) is 8.78 Å². The monoisotopic (exact) mass is 490 g/mol. The highest BCUT2D eigenvalue weighted by Crippen LogP contribution is 2.47. The normalized spacial score (nSPS) is 13.5. The third kappa shape index (κ3) is 4.44. The molecule has 2 aromatic carbocycles. The second-order valence-corrected chi connectivity index (χ2v) is 7.97. The first kappa shape index (κ1) is 23.6. The van der Waals surface area contributed by atoms with Crippen LogP contribution in [0.3, 0.4) is 0 Å². The van der Waals surface area contributed by atoms with Crippen molar-refractivity contribution in [2.24, 2.45) is 0 Å². The minimum absolute atomic E-state index is 0.147. The summed E-state index contributed by atoms with van der Waals surface area (Å²) in [5.74, 6) is -5.83. The van der Waals surface area contributed by atoms with Crippen LogP contribution in [0.15, 0.2) is 67.1 Å². The number of alkyl halides is 2. The van der Waals surface area contributed by atoms with Gasteiger partial charge in [-0.3, -0.25) is 14.8 Å². The summed E-state index contributed by atoms with van der Waals surface area (Å²) in [5.41, 5.74) is -3.88. The molecule has 0 aliphatic carbocycles. The van der Waals surface area contributed by atoms with E-state index in [2.05, 4.69) is 15.1 Å². The van der Waals surface area contributed by atoms with Crippen molar-refractivity contribution in [2.75, 3.05) is 0 Å². The first-order chi connectivity index (χ1) is 16.1. The third-order valence-corrected chi connectivity index (χ3v) is 5.54. The molecule has 2 N–H and O–H groups in total. The number of pyridine rings is 1. The average Bonchev–Trinajstić information content (AvgIpc) is 3.19. The maximum Gasteiger partial charge on any atom is 0.323 e. The van der Waals surface area contributed by atoms with Gasteiger partial charge in [0.1, 0.15) is 35.2 Å². The van der Waals surface area contributed by atoms with E-state index in [1.165, 1.54) is 6.07 Å². The van der Waals surface area contributed by atoms with Crippen molar-refractivity contribution in [2.45, 2.75) is 25.0 Å². The molecule has 1 unspecified atom stereocenters. The summed E-state index contributed by atoms with van der Waals surface area (Å²) in [4.78, 5) is 7.48. The molecule has 176 valence electrons. The van der Waals surface area contributed by atoms with Gasteiger partial charge in [0.05, 0.1) is 12.7 Å². The van der Waals surface area contributed by atoms with Crippen LogP contribution in [0.4, 0.5) is 17.6 Å². The number of aromatic nitrogens is 4. The number of halogens is 4. The minimum Gasteiger partial charge on any atom is -0.456 e. The van der Waals surface area contributed by atoms with Gasteiger partial charge in [0, 0.05) is 11.6 Å². The Morgan fingerprint density at radius 2 is 1.74 bits per heavy atom. The second-order valence-electron chi connectivity index (χ2n) is 7.61. The summed E-state index contributed by atoms with van der Waals surface area (Å²) in [5, 5.41) is 13.8. The largest absolute Gasteiger partial charge is 0.456 e. The number of aliphatic hydroxyl groups is 1. The molecule has 0 saturated carbocycles. The average molecular weight is 490 g/mol. The summed E-state index contributed by atoms with van der Waals surface area (Å²) < 4.78 is 66.1. The molecule has 0 aliphatic heterocycles. The van der Waals surface area contributed by atoms with Crippen LogP contribution in [0.5, 0.6) is 11.5 Å². The van der Waals surface area contributed by atoms with Gasteiger partial charge < -0.3 is 9.84 Å². The molecule has 4 rings (SSSR count). The second kappa shape index (κ2) is 8.99. The van der Waals surface area contributed by atoms with Gasteiger partial charge in [-0.25, -0.2) is 13.8 Å². The number of nitrogens with one attached hydrogen (secondary N) is 1. The highest BCUT2D eigenvalue weighted by Gasteiger charge is 2.58. The van der Waals surface area contributed by atoms with Crippen LogP contribution in [0, 0.1) is 23.3 Å². The Morgan fingerprint density at radius 1 is 1.03 bits per heavy atom. The van der Waals surface area contributed by atoms with E-state index in [4.69, 9.17) is 17.0 Å². The van der Waals surface area contributed by atoms with Crippen LogP contribution < -0.4 is 4.74 Å². The van der Waals surface area contributed by atoms with Crippen molar-refractivity contribution in [3.8, 4) is 11.5 Å². The van der Waals surface area contributed by atoms with Crippen molar-refractivity contribution in [1.29, 1.82) is 0 Å². The molecule has 0 radical (unpaired) electrons. The predicted octanol–water partition coefficient (Wildman–Crippen LogP) is 5.39. The molecule has 1 atom stereocenters. The van der Waals surface area contributed by atoms with Crippen molar-refractivity contribution in [1.82, 2.24) is 19.7 Å². The number of benzene rings is 2. The van der Waals surface area contributed by atoms with E-state index in [-0.39, 0.29) is 10.5 Å². The van der Waals surface area contributed by atoms with E-state index in [1.54, 1.807) is 12.1 Å². The van der Waals surface area contributed by atoms with E-state index in [9.17, 15) is 13.9 Å². The van der Waals surface area contributed by atoms with E-state index in [1.807, 2.05) is 19.1 Å². The maximum atomic E-state index is 15.8. The number of hydrogen-bond acceptors (Lipinski definition) is 5. The van der Waals surface area contributed by atoms with Gasteiger partial charge in [0.15, 0.2) is 5.60 Å². The Labute approximate surface area is 196 Å². The molecule has 0 spiro atoms. The maximum absolute atomic E-state index is 15.8. The fraction of sp³-hybridized carbons (Fsp3) is 0.174. The number of ether oxygens (including phenoxy) is 1. The minimum atomic E-state index is -4.14. The highest BCUT2D eigenvalue weighted by molar-refractivity contribution is 7.71. The van der Waals surface area contributed by atoms with Crippen molar-refractivity contribution in [3.05, 3.63) is 100 Å². The van der Waals surface area contributed by atoms with Gasteiger partial charge in [0.2, 0.25) is 4.77 Å². The number of hydrogen-bond donors (Lipinski definition) is 2. The first-order valence-electron chi connectivity index (χ1n) is 9.97. The van der Waals surface area contributed by atoms with Gasteiger partial charge in [-0.15, -0.1) is 0 Å². The van der Waals surface area contributed by atoms with Gasteiger partial charge in [0.25, 0.3) is 0 Å². The van der Waals surface area contributed by atoms with Crippen LogP contribution >= 0.6 is 12.2 Å². The molecule has 0 amide bonds. The standard InChI is InChI=1S/C23H18F4N4O2S/c1-14-2-5-16(6-3-14)33-17-7-9-20(28-11-17)23(26,27)22(32,12-31-21(34)29-13-30-31)18-8-4-15(24)10-19(18)25/h2-11,13,32H,12H2,1H3,(H,29,30,34). The van der Waals surface area contributed by atoms with Gasteiger partial charge in [-0.05, 0) is 55.5 Å². The quantitative estimate of drug-likeness (QED) is 0.268. The van der Waals surface area contributed by atoms with Crippen LogP contribution in [-0.2, 0) is 18.1 Å². The zero-order valence-electron chi connectivity index (χ0n) is 17.7. The highest BCUT2D eigenvalue weighted by atomic mass is 32.1. The molecule has 0 saturated heterocycles. The zero-order chi connectivity index (χ0) is 24.5. The Morgan fingerprint density at radius 3 is 2.32 bits per heavy atom. The van der Waals surface area contributed by atoms with Crippen molar-refractivity contribution >= 4 is 12.2 Å². The van der Waals surface area contributed by atoms with Gasteiger partial charge in [-0.1, -0.05) is 17.7 Å². The van der Waals surface area contributed by atoms with Crippen LogP contribution in [0.2, 0.25) is 0 Å². The number of aryl methyl sites for hydroxylation is 1. The molecule has 0 bridgehead atoms. The molecule has 2 heterocycles. The lowest BCUT2D eigenvalue weighted by atomic mass is 9.84. The van der Waals surface area contributed by atoms with E-state index >= 15 is 8.78 Å². The van der Waals surface area contributed by atoms with Crippen molar-refractivity contribution in [3.63, 3.8) is 0 Å². The molecule has 4 aromatic rings. The third-order valence-electron chi connectivity index (χ3n) is 5.22. The first-order valence-corrected chi connectivity index (χ1v) is 10.4. The number of nitrogens with zero attached hydrogens (tertiary/aromatic N) is 3. The van der Waals surface area contributed by atoms with Gasteiger partial charge >= 0.3 is 5.92 Å². The topological polar surface area (TPSA) is 76.0 Å². The number of rotatable bonds is 7. The van der Waals surface area contributed by atoms with Crippen LogP contribution in [-0.4, -0.2) is 24.9 Å². The Balaban J connectivity index is 1.73. The van der Waals surface area contributed by atoms with E-state index in [0.29, 0.717) is 11.8 Å². The van der Waals surface area contributed by atoms with Crippen LogP contribution in [0.1, 0.15) is 16.8 Å². The Bertz CT molecular complexity index is 1360. The molecule has 6 nitrogen and oxygen atoms in total. The molecular formula is C23H18F4N4O2S. The lowest BCUT2D eigenvalue weighted by molar-refractivity contribution is -0.207. The zero-order valence-corrected chi connectivity index (χ0v) is 18.5. The summed E-state index contributed by atoms with van der Waals surface area (Å²) >= 11 is 4.96. The summed E-state index contributed by atoms with van der Waals surface area (Å²) in [6.45, 7) is 0.995. The van der Waals surface area contributed by atoms with Crippen LogP contribution in [0.25, 0.3) is 0 Å². The molecule has 2 aromatic heterocycles. The number of H-pyrrole nitrogens is 1. The molecular weight excluding hydrogens is 472 g/mol. The lowest BCUT2D eigenvalue weighted by Gasteiger charge is -2.36. The summed E-state index contributed by atoms with van der Waals surface area (Å²) in [6.07, 6.45) is 2.20. The molecule has 0 aliphatic rings. The Hall–Kier alpha value is -3.57. The van der Waals surface area contributed by atoms with E-state index < -0.39 is 41.0 Å². The smallest absolute Gasteiger partial charge is 0.323 e. The lowest BCUT2D eigenvalue weighted by Crippen LogP contribution is -2.48. The fourth-order valence-corrected chi connectivity index (χ4v) is 3.55. The molecule has 0 fully saturated rings.